The Bertz CT molecular complexity index is 481. The van der Waals surface area contributed by atoms with Crippen LogP contribution in [0, 0.1) is 0 Å². The van der Waals surface area contributed by atoms with Crippen molar-refractivity contribution in [2.45, 2.75) is 33.3 Å². The van der Waals surface area contributed by atoms with E-state index in [0.717, 1.165) is 45.8 Å². The van der Waals surface area contributed by atoms with Crippen molar-refractivity contribution in [1.82, 2.24) is 19.6 Å². The van der Waals surface area contributed by atoms with Crippen LogP contribution in [0.25, 0.3) is 0 Å². The SMILES string of the molecule is CCN1CCN(CCN=C(N)N2CCN(C(=O)OC(C)(C)C)CC2)CC1.I. The molecule has 2 aliphatic rings. The summed E-state index contributed by atoms with van der Waals surface area (Å²) in [5, 5.41) is 0. The molecule has 0 aromatic carbocycles. The third-order valence-electron chi connectivity index (χ3n) is 4.86. The van der Waals surface area contributed by atoms with Crippen molar-refractivity contribution in [3.8, 4) is 0 Å². The van der Waals surface area contributed by atoms with Crippen molar-refractivity contribution < 1.29 is 9.53 Å². The molecule has 0 atom stereocenters. The Labute approximate surface area is 181 Å². The molecule has 2 saturated heterocycles. The maximum atomic E-state index is 12.1. The molecule has 9 heteroatoms. The van der Waals surface area contributed by atoms with Crippen LogP contribution in [0.1, 0.15) is 27.7 Å². The van der Waals surface area contributed by atoms with Crippen LogP contribution in [0.15, 0.2) is 4.99 Å². The average Bonchev–Trinajstić information content (AvgIpc) is 2.61. The van der Waals surface area contributed by atoms with Crippen LogP contribution in [-0.2, 0) is 4.74 Å². The summed E-state index contributed by atoms with van der Waals surface area (Å²) in [7, 11) is 0. The molecule has 2 fully saturated rings. The molecule has 0 aliphatic carbocycles. The number of hydrogen-bond donors (Lipinski definition) is 1. The van der Waals surface area contributed by atoms with Crippen LogP contribution in [-0.4, -0.2) is 109 Å². The van der Waals surface area contributed by atoms with Gasteiger partial charge in [-0.25, -0.2) is 4.79 Å². The lowest BCUT2D eigenvalue weighted by Gasteiger charge is -2.36. The Morgan fingerprint density at radius 3 is 2.00 bits per heavy atom. The number of ether oxygens (including phenoxy) is 1. The van der Waals surface area contributed by atoms with E-state index in [2.05, 4.69) is 26.6 Å². The monoisotopic (exact) mass is 496 g/mol. The maximum absolute atomic E-state index is 12.1. The van der Waals surface area contributed by atoms with Gasteiger partial charge in [-0.05, 0) is 27.3 Å². The van der Waals surface area contributed by atoms with Gasteiger partial charge in [0.2, 0.25) is 0 Å². The fourth-order valence-corrected chi connectivity index (χ4v) is 3.18. The van der Waals surface area contributed by atoms with Crippen molar-refractivity contribution in [2.75, 3.05) is 72.0 Å². The Hall–Kier alpha value is -0.810. The van der Waals surface area contributed by atoms with Crippen LogP contribution in [0.2, 0.25) is 0 Å². The summed E-state index contributed by atoms with van der Waals surface area (Å²) in [6.07, 6.45) is -0.251. The quantitative estimate of drug-likeness (QED) is 0.357. The minimum absolute atomic E-state index is 0. The number of halogens is 1. The lowest BCUT2D eigenvalue weighted by atomic mass is 10.2. The van der Waals surface area contributed by atoms with Gasteiger partial charge in [0.1, 0.15) is 5.60 Å². The maximum Gasteiger partial charge on any atom is 0.410 e. The van der Waals surface area contributed by atoms with Crippen LogP contribution >= 0.6 is 24.0 Å². The molecule has 0 saturated carbocycles. The third-order valence-corrected chi connectivity index (χ3v) is 4.86. The van der Waals surface area contributed by atoms with Gasteiger partial charge in [-0.3, -0.25) is 9.89 Å². The number of piperazine rings is 2. The average molecular weight is 496 g/mol. The first-order valence-electron chi connectivity index (χ1n) is 9.76. The first kappa shape index (κ1) is 24.2. The van der Waals surface area contributed by atoms with E-state index in [4.69, 9.17) is 10.5 Å². The molecular weight excluding hydrogens is 459 g/mol. The number of nitrogens with two attached hydrogens (primary N) is 1. The third kappa shape index (κ3) is 8.39. The van der Waals surface area contributed by atoms with Gasteiger partial charge < -0.3 is 25.2 Å². The number of hydrogen-bond acceptors (Lipinski definition) is 5. The molecule has 27 heavy (non-hydrogen) atoms. The summed E-state index contributed by atoms with van der Waals surface area (Å²) in [5.74, 6) is 0.584. The molecular formula is C18H37IN6O2. The molecule has 2 heterocycles. The highest BCUT2D eigenvalue weighted by Gasteiger charge is 2.26. The molecule has 2 aliphatic heterocycles. The van der Waals surface area contributed by atoms with Gasteiger partial charge >= 0.3 is 6.09 Å². The van der Waals surface area contributed by atoms with Gasteiger partial charge in [-0.1, -0.05) is 6.92 Å². The van der Waals surface area contributed by atoms with Crippen molar-refractivity contribution in [3.05, 3.63) is 0 Å². The first-order chi connectivity index (χ1) is 12.3. The largest absolute Gasteiger partial charge is 0.444 e. The van der Waals surface area contributed by atoms with Crippen molar-refractivity contribution in [3.63, 3.8) is 0 Å². The molecule has 0 bridgehead atoms. The summed E-state index contributed by atoms with van der Waals surface area (Å²) >= 11 is 0. The van der Waals surface area contributed by atoms with E-state index in [0.29, 0.717) is 32.1 Å². The van der Waals surface area contributed by atoms with E-state index in [1.165, 1.54) is 0 Å². The topological polar surface area (TPSA) is 77.6 Å². The van der Waals surface area contributed by atoms with Crippen molar-refractivity contribution >= 4 is 36.0 Å². The van der Waals surface area contributed by atoms with Crippen LogP contribution < -0.4 is 5.73 Å². The van der Waals surface area contributed by atoms with Gasteiger partial charge in [-0.15, -0.1) is 24.0 Å². The standard InChI is InChI=1S/C18H36N6O2.HI/c1-5-21-8-10-22(11-9-21)7-6-20-16(19)23-12-14-24(15-13-23)17(25)26-18(2,3)4;/h5-15H2,1-4H3,(H2,19,20);1H. The summed E-state index contributed by atoms with van der Waals surface area (Å²) in [6, 6.07) is 0. The number of guanidine groups is 1. The van der Waals surface area contributed by atoms with E-state index < -0.39 is 5.60 Å². The number of aliphatic imine (C=N–C) groups is 1. The zero-order chi connectivity index (χ0) is 19.2. The molecule has 0 spiro atoms. The van der Waals surface area contributed by atoms with Gasteiger partial charge in [0, 0.05) is 58.9 Å². The highest BCUT2D eigenvalue weighted by molar-refractivity contribution is 14.0. The fourth-order valence-electron chi connectivity index (χ4n) is 3.18. The Morgan fingerprint density at radius 2 is 1.48 bits per heavy atom. The number of rotatable bonds is 4. The molecule has 0 aromatic heterocycles. The summed E-state index contributed by atoms with van der Waals surface area (Å²) in [4.78, 5) is 25.3. The second-order valence-corrected chi connectivity index (χ2v) is 7.97. The zero-order valence-corrected chi connectivity index (χ0v) is 19.6. The van der Waals surface area contributed by atoms with Crippen LogP contribution in [0.4, 0.5) is 4.79 Å². The van der Waals surface area contributed by atoms with E-state index in [1.54, 1.807) is 4.90 Å². The number of amides is 1. The Morgan fingerprint density at radius 1 is 0.963 bits per heavy atom. The van der Waals surface area contributed by atoms with Gasteiger partial charge in [0.05, 0.1) is 6.54 Å². The fraction of sp³-hybridized carbons (Fsp3) is 0.889. The number of carbonyl (C=O) groups is 1. The smallest absolute Gasteiger partial charge is 0.410 e. The normalized spacial score (nSPS) is 20.4. The highest BCUT2D eigenvalue weighted by Crippen LogP contribution is 2.11. The Balaban J connectivity index is 0.00000364. The van der Waals surface area contributed by atoms with E-state index >= 15 is 0 Å². The highest BCUT2D eigenvalue weighted by atomic mass is 127. The summed E-state index contributed by atoms with van der Waals surface area (Å²) < 4.78 is 5.42. The van der Waals surface area contributed by atoms with Gasteiger partial charge in [0.15, 0.2) is 5.96 Å². The number of likely N-dealkylation sites (N-methyl/N-ethyl adjacent to an activating group) is 1. The minimum Gasteiger partial charge on any atom is -0.444 e. The van der Waals surface area contributed by atoms with Crippen LogP contribution in [0.5, 0.6) is 0 Å². The molecule has 0 radical (unpaired) electrons. The predicted molar refractivity (Wildman–Crippen MR) is 120 cm³/mol. The van der Waals surface area contributed by atoms with Crippen molar-refractivity contribution in [2.24, 2.45) is 10.7 Å². The first-order valence-corrected chi connectivity index (χ1v) is 9.76. The summed E-state index contributed by atoms with van der Waals surface area (Å²) in [5.41, 5.74) is 5.68. The minimum atomic E-state index is -0.461. The van der Waals surface area contributed by atoms with E-state index in [1.807, 2.05) is 20.8 Å². The van der Waals surface area contributed by atoms with Crippen molar-refractivity contribution in [1.29, 1.82) is 0 Å². The second kappa shape index (κ2) is 11.3. The second-order valence-electron chi connectivity index (χ2n) is 7.97. The van der Waals surface area contributed by atoms with E-state index in [-0.39, 0.29) is 30.1 Å². The molecule has 1 amide bonds. The van der Waals surface area contributed by atoms with Crippen LogP contribution in [0.3, 0.4) is 0 Å². The Kier molecular flexibility index (Phi) is 10.1. The lowest BCUT2D eigenvalue weighted by molar-refractivity contribution is 0.0186. The molecule has 2 N–H and O–H groups in total. The molecule has 158 valence electrons. The van der Waals surface area contributed by atoms with E-state index in [9.17, 15) is 4.79 Å². The number of nitrogens with zero attached hydrogens (tertiary/aromatic N) is 5. The lowest BCUT2D eigenvalue weighted by Crippen LogP contribution is -2.53. The molecule has 0 aromatic rings. The number of carbonyl (C=O) groups excluding carboxylic acids is 1. The van der Waals surface area contributed by atoms with Gasteiger partial charge in [-0.2, -0.15) is 0 Å². The van der Waals surface area contributed by atoms with Gasteiger partial charge in [0.25, 0.3) is 0 Å². The predicted octanol–water partition coefficient (Wildman–Crippen LogP) is 1.11. The molecule has 2 rings (SSSR count). The summed E-state index contributed by atoms with van der Waals surface area (Å²) in [6.45, 7) is 17.8. The molecule has 8 nitrogen and oxygen atoms in total. The zero-order valence-electron chi connectivity index (χ0n) is 17.3. The molecule has 0 unspecified atom stereocenters.